The molecule has 0 unspecified atom stereocenters. The molecule has 34 heavy (non-hydrogen) atoms. The molecule has 0 fully saturated rings. The summed E-state index contributed by atoms with van der Waals surface area (Å²) >= 11 is 0. The average molecular weight is 472 g/mol. The number of hydrogen-bond donors (Lipinski definition) is 6. The summed E-state index contributed by atoms with van der Waals surface area (Å²) in [6.45, 7) is 0.486. The minimum absolute atomic E-state index is 0.165. The van der Waals surface area contributed by atoms with Crippen LogP contribution in [0.3, 0.4) is 0 Å². The van der Waals surface area contributed by atoms with Gasteiger partial charge in [-0.2, -0.15) is 0 Å². The number of carbonyl (C=O) groups is 3. The number of amides is 2. The topological polar surface area (TPSA) is 183 Å². The van der Waals surface area contributed by atoms with Crippen LogP contribution in [0.25, 0.3) is 0 Å². The maximum Gasteiger partial charge on any atom is 0.328 e. The summed E-state index contributed by atoms with van der Waals surface area (Å²) in [4.78, 5) is 37.3. The minimum Gasteiger partial charge on any atom is -0.508 e. The highest BCUT2D eigenvalue weighted by Crippen LogP contribution is 2.21. The van der Waals surface area contributed by atoms with Gasteiger partial charge in [-0.15, -0.1) is 0 Å². The molecule has 10 nitrogen and oxygen atoms in total. The third-order valence-electron chi connectivity index (χ3n) is 5.33. The maximum atomic E-state index is 12.7. The molecule has 0 radical (unpaired) electrons. The lowest BCUT2D eigenvalue weighted by Gasteiger charge is -2.17. The smallest absolute Gasteiger partial charge is 0.328 e. The summed E-state index contributed by atoms with van der Waals surface area (Å²) in [5.74, 6) is -1.33. The standard InChI is InChI=1S/C24H33N5O5/c1-34-24(33)20(4-2-3-13-25)28-22(31)16-8-12-18(26)21(14-16)29-23(32)19(27)11-7-15-5-9-17(30)10-6-15/h5-6,8-10,12,14,19-20,30H,2-4,7,11,13,25-27H2,1H3,(H,28,31)(H,29,32)/t19-,20-/m0/s1. The Bertz CT molecular complexity index is 980. The SMILES string of the molecule is COC(=O)[C@H](CCCCN)NC(=O)c1ccc(N)c(NC(=O)[C@@H](N)CCc2ccc(O)cc2)c1. The Labute approximate surface area is 198 Å². The van der Waals surface area contributed by atoms with Crippen molar-refractivity contribution in [3.8, 4) is 5.75 Å². The zero-order valence-corrected chi connectivity index (χ0v) is 19.3. The normalized spacial score (nSPS) is 12.4. The van der Waals surface area contributed by atoms with Gasteiger partial charge in [-0.3, -0.25) is 9.59 Å². The van der Waals surface area contributed by atoms with Gasteiger partial charge in [0.25, 0.3) is 5.91 Å². The highest BCUT2D eigenvalue weighted by atomic mass is 16.5. The summed E-state index contributed by atoms with van der Waals surface area (Å²) < 4.78 is 4.77. The van der Waals surface area contributed by atoms with Gasteiger partial charge in [-0.05, 0) is 74.5 Å². The van der Waals surface area contributed by atoms with Crippen molar-refractivity contribution in [1.82, 2.24) is 5.32 Å². The molecule has 0 saturated heterocycles. The molecule has 0 aromatic heterocycles. The van der Waals surface area contributed by atoms with Crippen molar-refractivity contribution in [2.75, 3.05) is 24.7 Å². The largest absolute Gasteiger partial charge is 0.508 e. The first-order chi connectivity index (χ1) is 16.2. The number of ether oxygens (including phenoxy) is 1. The predicted molar refractivity (Wildman–Crippen MR) is 130 cm³/mol. The third-order valence-corrected chi connectivity index (χ3v) is 5.33. The molecule has 2 amide bonds. The molecule has 0 saturated carbocycles. The number of hydrogen-bond acceptors (Lipinski definition) is 8. The van der Waals surface area contributed by atoms with E-state index in [0.29, 0.717) is 38.6 Å². The van der Waals surface area contributed by atoms with Gasteiger partial charge in [-0.1, -0.05) is 12.1 Å². The second kappa shape index (κ2) is 13.2. The van der Waals surface area contributed by atoms with E-state index in [9.17, 15) is 19.5 Å². The Morgan fingerprint density at radius 3 is 2.41 bits per heavy atom. The van der Waals surface area contributed by atoms with Gasteiger partial charge >= 0.3 is 5.97 Å². The molecule has 0 bridgehead atoms. The number of anilines is 2. The van der Waals surface area contributed by atoms with E-state index in [1.807, 2.05) is 0 Å². The number of nitrogens with one attached hydrogen (secondary N) is 2. The first kappa shape index (κ1) is 26.6. The quantitative estimate of drug-likeness (QED) is 0.152. The van der Waals surface area contributed by atoms with Crippen molar-refractivity contribution in [3.05, 3.63) is 53.6 Å². The summed E-state index contributed by atoms with van der Waals surface area (Å²) in [5.41, 5.74) is 19.2. The monoisotopic (exact) mass is 471 g/mol. The number of carbonyl (C=O) groups excluding carboxylic acids is 3. The van der Waals surface area contributed by atoms with Crippen LogP contribution in [0.2, 0.25) is 0 Å². The Hall–Kier alpha value is -3.63. The molecule has 9 N–H and O–H groups in total. The number of phenolic OH excluding ortho intramolecular Hbond substituents is 1. The summed E-state index contributed by atoms with van der Waals surface area (Å²) in [5, 5.41) is 14.7. The van der Waals surface area contributed by atoms with E-state index >= 15 is 0 Å². The zero-order chi connectivity index (χ0) is 25.1. The second-order valence-electron chi connectivity index (χ2n) is 7.94. The van der Waals surface area contributed by atoms with Crippen LogP contribution < -0.4 is 27.8 Å². The van der Waals surface area contributed by atoms with Crippen molar-refractivity contribution in [2.24, 2.45) is 11.5 Å². The highest BCUT2D eigenvalue weighted by molar-refractivity contribution is 6.01. The van der Waals surface area contributed by atoms with Crippen molar-refractivity contribution in [2.45, 2.75) is 44.2 Å². The van der Waals surface area contributed by atoms with Gasteiger partial charge in [0.05, 0.1) is 24.5 Å². The van der Waals surface area contributed by atoms with Gasteiger partial charge in [-0.25, -0.2) is 4.79 Å². The zero-order valence-electron chi connectivity index (χ0n) is 19.3. The molecule has 10 heteroatoms. The molecule has 0 aliphatic carbocycles. The summed E-state index contributed by atoms with van der Waals surface area (Å²) in [6.07, 6.45) is 2.69. The number of methoxy groups -OCH3 is 1. The summed E-state index contributed by atoms with van der Waals surface area (Å²) in [7, 11) is 1.26. The molecule has 2 atom stereocenters. The van der Waals surface area contributed by atoms with Gasteiger partial charge in [0.1, 0.15) is 11.8 Å². The molecular weight excluding hydrogens is 438 g/mol. The fourth-order valence-corrected chi connectivity index (χ4v) is 3.27. The molecule has 2 rings (SSSR count). The number of benzene rings is 2. The van der Waals surface area contributed by atoms with Crippen LogP contribution >= 0.6 is 0 Å². The molecule has 0 aliphatic heterocycles. The van der Waals surface area contributed by atoms with Crippen molar-refractivity contribution in [1.29, 1.82) is 0 Å². The van der Waals surface area contributed by atoms with Crippen molar-refractivity contribution >= 4 is 29.2 Å². The van der Waals surface area contributed by atoms with Gasteiger partial charge in [0.2, 0.25) is 5.91 Å². The average Bonchev–Trinajstić information content (AvgIpc) is 2.83. The van der Waals surface area contributed by atoms with Crippen LogP contribution in [-0.4, -0.2) is 48.6 Å². The van der Waals surface area contributed by atoms with E-state index in [2.05, 4.69) is 10.6 Å². The molecule has 184 valence electrons. The van der Waals surface area contributed by atoms with Gasteiger partial charge in [0.15, 0.2) is 0 Å². The highest BCUT2D eigenvalue weighted by Gasteiger charge is 2.22. The lowest BCUT2D eigenvalue weighted by atomic mass is 10.0. The first-order valence-electron chi connectivity index (χ1n) is 11.1. The Balaban J connectivity index is 2.01. The Morgan fingerprint density at radius 1 is 1.06 bits per heavy atom. The number of nitrogen functional groups attached to an aromatic ring is 1. The minimum atomic E-state index is -0.812. The van der Waals surface area contributed by atoms with Crippen LogP contribution in [0.5, 0.6) is 5.75 Å². The number of aromatic hydroxyl groups is 1. The van der Waals surface area contributed by atoms with E-state index in [1.54, 1.807) is 24.3 Å². The van der Waals surface area contributed by atoms with Crippen LogP contribution in [0.4, 0.5) is 11.4 Å². The lowest BCUT2D eigenvalue weighted by molar-refractivity contribution is -0.143. The van der Waals surface area contributed by atoms with E-state index in [4.69, 9.17) is 21.9 Å². The van der Waals surface area contributed by atoms with Crippen LogP contribution in [0, 0.1) is 0 Å². The van der Waals surface area contributed by atoms with Crippen molar-refractivity contribution in [3.63, 3.8) is 0 Å². The third kappa shape index (κ3) is 8.05. The Morgan fingerprint density at radius 2 is 1.76 bits per heavy atom. The number of esters is 1. The number of nitrogens with two attached hydrogens (primary N) is 3. The van der Waals surface area contributed by atoms with Crippen LogP contribution in [0.1, 0.15) is 41.6 Å². The van der Waals surface area contributed by atoms with Crippen molar-refractivity contribution < 1.29 is 24.2 Å². The predicted octanol–water partition coefficient (Wildman–Crippen LogP) is 1.27. The van der Waals surface area contributed by atoms with Gasteiger partial charge in [0, 0.05) is 5.56 Å². The van der Waals surface area contributed by atoms with Gasteiger partial charge < -0.3 is 37.7 Å². The molecule has 2 aromatic carbocycles. The van der Waals surface area contributed by atoms with E-state index in [0.717, 1.165) is 5.56 Å². The Kier molecular flexibility index (Phi) is 10.3. The number of unbranched alkanes of at least 4 members (excludes halogenated alkanes) is 1. The molecule has 0 heterocycles. The van der Waals surface area contributed by atoms with E-state index < -0.39 is 29.9 Å². The lowest BCUT2D eigenvalue weighted by Crippen LogP contribution is -2.41. The maximum absolute atomic E-state index is 12.7. The first-order valence-corrected chi connectivity index (χ1v) is 11.1. The number of aryl methyl sites for hydroxylation is 1. The fraction of sp³-hybridized carbons (Fsp3) is 0.375. The van der Waals surface area contributed by atoms with E-state index in [1.165, 1.54) is 25.3 Å². The van der Waals surface area contributed by atoms with E-state index in [-0.39, 0.29) is 22.7 Å². The molecule has 0 aliphatic rings. The second-order valence-corrected chi connectivity index (χ2v) is 7.94. The van der Waals surface area contributed by atoms with Crippen LogP contribution in [-0.2, 0) is 20.7 Å². The van der Waals surface area contributed by atoms with Crippen LogP contribution in [0.15, 0.2) is 42.5 Å². The fourth-order valence-electron chi connectivity index (χ4n) is 3.27. The molecule has 2 aromatic rings. The number of rotatable bonds is 12. The molecule has 0 spiro atoms. The molecular formula is C24H33N5O5. The summed E-state index contributed by atoms with van der Waals surface area (Å²) in [6, 6.07) is 9.47. The number of phenols is 1.